The summed E-state index contributed by atoms with van der Waals surface area (Å²) in [6.07, 6.45) is 28.5. The highest BCUT2D eigenvalue weighted by Gasteiger charge is 2.24. The summed E-state index contributed by atoms with van der Waals surface area (Å²) in [6.45, 7) is 5.36. The number of rotatable bonds is 18. The van der Waals surface area contributed by atoms with E-state index >= 15 is 0 Å². The van der Waals surface area contributed by atoms with Crippen LogP contribution in [0, 0.1) is 11.8 Å². The molecule has 0 bridgehead atoms. The van der Waals surface area contributed by atoms with Gasteiger partial charge in [0, 0.05) is 18.0 Å². The van der Waals surface area contributed by atoms with Crippen LogP contribution < -0.4 is 4.74 Å². The zero-order valence-corrected chi connectivity index (χ0v) is 23.4. The Morgan fingerprint density at radius 3 is 1.94 bits per heavy atom. The molecule has 0 amide bonds. The SMILES string of the molecule is CCCCCCCCCC1CCCCC1CCCOc1ccc(-c2ncc(CCCCC)cn2)cc1. The third-order valence-corrected chi connectivity index (χ3v) is 8.12. The van der Waals surface area contributed by atoms with Crippen molar-refractivity contribution < 1.29 is 4.74 Å². The quantitative estimate of drug-likeness (QED) is 0.194. The number of benzene rings is 1. The summed E-state index contributed by atoms with van der Waals surface area (Å²) in [5.41, 5.74) is 2.28. The second-order valence-corrected chi connectivity index (χ2v) is 11.1. The van der Waals surface area contributed by atoms with E-state index in [-0.39, 0.29) is 0 Å². The van der Waals surface area contributed by atoms with E-state index in [0.29, 0.717) is 0 Å². The highest BCUT2D eigenvalue weighted by Crippen LogP contribution is 2.36. The van der Waals surface area contributed by atoms with Crippen LogP contribution in [0.25, 0.3) is 11.4 Å². The number of aryl methyl sites for hydroxylation is 1. The van der Waals surface area contributed by atoms with Crippen molar-refractivity contribution in [1.29, 1.82) is 0 Å². The predicted octanol–water partition coefficient (Wildman–Crippen LogP) is 9.98. The van der Waals surface area contributed by atoms with Gasteiger partial charge in [-0.2, -0.15) is 0 Å². The van der Waals surface area contributed by atoms with Crippen molar-refractivity contribution in [3.8, 4) is 17.1 Å². The van der Waals surface area contributed by atoms with Gasteiger partial charge < -0.3 is 4.74 Å². The Morgan fingerprint density at radius 1 is 0.694 bits per heavy atom. The van der Waals surface area contributed by atoms with Crippen molar-refractivity contribution in [3.05, 3.63) is 42.2 Å². The van der Waals surface area contributed by atoms with Crippen LogP contribution in [-0.2, 0) is 6.42 Å². The fraction of sp³-hybridized carbons (Fsp3) is 0.697. The van der Waals surface area contributed by atoms with Gasteiger partial charge in [0.25, 0.3) is 0 Å². The van der Waals surface area contributed by atoms with Gasteiger partial charge in [0.2, 0.25) is 0 Å². The van der Waals surface area contributed by atoms with Gasteiger partial charge in [0.15, 0.2) is 5.82 Å². The predicted molar refractivity (Wildman–Crippen MR) is 153 cm³/mol. The molecule has 2 atom stereocenters. The summed E-state index contributed by atoms with van der Waals surface area (Å²) < 4.78 is 6.10. The number of hydrogen-bond donors (Lipinski definition) is 0. The van der Waals surface area contributed by atoms with E-state index < -0.39 is 0 Å². The molecule has 1 fully saturated rings. The van der Waals surface area contributed by atoms with E-state index in [9.17, 15) is 0 Å². The van der Waals surface area contributed by atoms with E-state index in [4.69, 9.17) is 4.74 Å². The maximum absolute atomic E-state index is 6.10. The zero-order valence-electron chi connectivity index (χ0n) is 23.4. The lowest BCUT2D eigenvalue weighted by molar-refractivity contribution is 0.190. The standard InChI is InChI=1S/C33H52N2O/c1-3-5-7-8-9-10-12-17-29-18-13-14-19-30(29)20-15-25-36-32-23-21-31(22-24-32)33-34-26-28(27-35-33)16-11-6-4-2/h21-24,26-27,29-30H,3-20,25H2,1-2H3. The molecule has 3 heteroatoms. The van der Waals surface area contributed by atoms with Gasteiger partial charge in [-0.1, -0.05) is 104 Å². The average molecular weight is 493 g/mol. The first kappa shape index (κ1) is 28.7. The van der Waals surface area contributed by atoms with Crippen molar-refractivity contribution in [2.75, 3.05) is 6.61 Å². The van der Waals surface area contributed by atoms with Crippen LogP contribution in [-0.4, -0.2) is 16.6 Å². The van der Waals surface area contributed by atoms with Crippen LogP contribution in [0.5, 0.6) is 5.75 Å². The minimum atomic E-state index is 0.796. The van der Waals surface area contributed by atoms with Gasteiger partial charge in [0.05, 0.1) is 6.61 Å². The van der Waals surface area contributed by atoms with Crippen molar-refractivity contribution in [1.82, 2.24) is 9.97 Å². The molecule has 2 unspecified atom stereocenters. The number of aromatic nitrogens is 2. The molecule has 3 rings (SSSR count). The Labute approximate surface area is 221 Å². The molecule has 36 heavy (non-hydrogen) atoms. The van der Waals surface area contributed by atoms with Gasteiger partial charge >= 0.3 is 0 Å². The van der Waals surface area contributed by atoms with Crippen LogP contribution in [0.1, 0.15) is 129 Å². The molecular formula is C33H52N2O. The Balaban J connectivity index is 1.33. The summed E-state index contributed by atoms with van der Waals surface area (Å²) in [7, 11) is 0. The highest BCUT2D eigenvalue weighted by atomic mass is 16.5. The minimum Gasteiger partial charge on any atom is -0.494 e. The second-order valence-electron chi connectivity index (χ2n) is 11.1. The Morgan fingerprint density at radius 2 is 1.28 bits per heavy atom. The summed E-state index contributed by atoms with van der Waals surface area (Å²) in [4.78, 5) is 9.17. The lowest BCUT2D eigenvalue weighted by Crippen LogP contribution is -2.20. The molecule has 0 saturated heterocycles. The van der Waals surface area contributed by atoms with Crippen LogP contribution in [0.4, 0.5) is 0 Å². The third-order valence-electron chi connectivity index (χ3n) is 8.12. The number of ether oxygens (including phenoxy) is 1. The van der Waals surface area contributed by atoms with E-state index in [1.807, 2.05) is 12.4 Å². The van der Waals surface area contributed by atoms with Crippen molar-refractivity contribution >= 4 is 0 Å². The Hall–Kier alpha value is -1.90. The van der Waals surface area contributed by atoms with Crippen molar-refractivity contribution in [2.24, 2.45) is 11.8 Å². The van der Waals surface area contributed by atoms with Crippen LogP contribution >= 0.6 is 0 Å². The van der Waals surface area contributed by atoms with Gasteiger partial charge in [-0.3, -0.25) is 0 Å². The molecule has 1 aromatic carbocycles. The monoisotopic (exact) mass is 492 g/mol. The molecule has 2 aromatic rings. The lowest BCUT2D eigenvalue weighted by Gasteiger charge is -2.32. The van der Waals surface area contributed by atoms with Gasteiger partial charge in [0.1, 0.15) is 5.75 Å². The second kappa shape index (κ2) is 17.5. The van der Waals surface area contributed by atoms with Crippen LogP contribution in [0.2, 0.25) is 0 Å². The largest absolute Gasteiger partial charge is 0.494 e. The molecule has 0 aliphatic heterocycles. The topological polar surface area (TPSA) is 35.0 Å². The summed E-state index contributed by atoms with van der Waals surface area (Å²) in [5, 5.41) is 0. The maximum Gasteiger partial charge on any atom is 0.159 e. The van der Waals surface area contributed by atoms with Crippen LogP contribution in [0.3, 0.4) is 0 Å². The molecule has 1 aromatic heterocycles. The van der Waals surface area contributed by atoms with Crippen molar-refractivity contribution in [2.45, 2.75) is 129 Å². The molecule has 1 heterocycles. The average Bonchev–Trinajstić information content (AvgIpc) is 2.92. The Kier molecular flexibility index (Phi) is 14.0. The molecule has 1 saturated carbocycles. The zero-order chi connectivity index (χ0) is 25.3. The first-order chi connectivity index (χ1) is 17.8. The van der Waals surface area contributed by atoms with Crippen molar-refractivity contribution in [3.63, 3.8) is 0 Å². The molecular weight excluding hydrogens is 440 g/mol. The van der Waals surface area contributed by atoms with Gasteiger partial charge in [-0.15, -0.1) is 0 Å². The third kappa shape index (κ3) is 10.6. The normalized spacial score (nSPS) is 17.8. The maximum atomic E-state index is 6.10. The van der Waals surface area contributed by atoms with Gasteiger partial charge in [-0.05, 0) is 67.3 Å². The fourth-order valence-electron chi connectivity index (χ4n) is 5.86. The number of unbranched alkanes of at least 4 members (excludes halogenated alkanes) is 8. The molecule has 0 N–H and O–H groups in total. The van der Waals surface area contributed by atoms with Gasteiger partial charge in [-0.25, -0.2) is 9.97 Å². The first-order valence-electron chi connectivity index (χ1n) is 15.3. The number of nitrogens with zero attached hydrogens (tertiary/aromatic N) is 2. The first-order valence-corrected chi connectivity index (χ1v) is 15.3. The highest BCUT2D eigenvalue weighted by molar-refractivity contribution is 5.55. The summed E-state index contributed by atoms with van der Waals surface area (Å²) in [6, 6.07) is 8.30. The van der Waals surface area contributed by atoms with E-state index in [0.717, 1.165) is 42.0 Å². The Bertz CT molecular complexity index is 801. The lowest BCUT2D eigenvalue weighted by atomic mass is 9.74. The fourth-order valence-corrected chi connectivity index (χ4v) is 5.86. The molecule has 3 nitrogen and oxygen atoms in total. The van der Waals surface area contributed by atoms with E-state index in [1.54, 1.807) is 0 Å². The van der Waals surface area contributed by atoms with E-state index in [2.05, 4.69) is 48.1 Å². The smallest absolute Gasteiger partial charge is 0.159 e. The van der Waals surface area contributed by atoms with E-state index in [1.165, 1.54) is 115 Å². The summed E-state index contributed by atoms with van der Waals surface area (Å²) >= 11 is 0. The molecule has 1 aliphatic carbocycles. The molecule has 0 spiro atoms. The molecule has 0 radical (unpaired) electrons. The minimum absolute atomic E-state index is 0.796. The summed E-state index contributed by atoms with van der Waals surface area (Å²) in [5.74, 6) is 3.64. The molecule has 1 aliphatic rings. The number of hydrogen-bond acceptors (Lipinski definition) is 3. The van der Waals surface area contributed by atoms with Crippen LogP contribution in [0.15, 0.2) is 36.7 Å². The molecule has 200 valence electrons.